The second kappa shape index (κ2) is 4.10. The Hall–Kier alpha value is -1.23. The van der Waals surface area contributed by atoms with E-state index in [2.05, 4.69) is 30.9 Å². The van der Waals surface area contributed by atoms with Gasteiger partial charge in [0, 0.05) is 42.2 Å². The van der Waals surface area contributed by atoms with Gasteiger partial charge in [-0.05, 0) is 6.92 Å². The lowest BCUT2D eigenvalue weighted by molar-refractivity contribution is 0.899. The zero-order valence-corrected chi connectivity index (χ0v) is 10.2. The first-order valence-electron chi connectivity index (χ1n) is 4.58. The van der Waals surface area contributed by atoms with Crippen molar-refractivity contribution in [3.8, 4) is 11.6 Å². The lowest BCUT2D eigenvalue weighted by atomic mass is 10.3. The highest BCUT2D eigenvalue weighted by atomic mass is 79.9. The van der Waals surface area contributed by atoms with E-state index in [1.165, 1.54) is 0 Å². The lowest BCUT2D eigenvalue weighted by Crippen LogP contribution is -2.00. The van der Waals surface area contributed by atoms with Gasteiger partial charge in [-0.1, -0.05) is 15.9 Å². The van der Waals surface area contributed by atoms with E-state index in [9.17, 15) is 0 Å². The number of hydrogen-bond acceptors (Lipinski definition) is 3. The van der Waals surface area contributed by atoms with E-state index >= 15 is 0 Å². The van der Waals surface area contributed by atoms with Gasteiger partial charge in [-0.15, -0.1) is 0 Å². The number of hydrogen-bond donors (Lipinski definition) is 0. The Labute approximate surface area is 96.5 Å². The number of nitrogens with zero attached hydrogens (tertiary/aromatic N) is 4. The summed E-state index contributed by atoms with van der Waals surface area (Å²) >= 11 is 3.40. The molecule has 0 spiro atoms. The maximum Gasteiger partial charge on any atom is 0.196 e. The van der Waals surface area contributed by atoms with Gasteiger partial charge in [0.25, 0.3) is 0 Å². The largest absolute Gasteiger partial charge is 0.331 e. The van der Waals surface area contributed by atoms with Crippen molar-refractivity contribution in [1.82, 2.24) is 19.5 Å². The molecule has 4 nitrogen and oxygen atoms in total. The smallest absolute Gasteiger partial charge is 0.196 e. The molecule has 2 aromatic rings. The molecular formula is C10H11BrN4. The summed E-state index contributed by atoms with van der Waals surface area (Å²) in [5.41, 5.74) is 2.09. The third-order valence-electron chi connectivity index (χ3n) is 2.25. The first kappa shape index (κ1) is 10.3. The van der Waals surface area contributed by atoms with Gasteiger partial charge in [0.05, 0.1) is 0 Å². The molecule has 0 bridgehead atoms. The summed E-state index contributed by atoms with van der Waals surface area (Å²) in [5, 5.41) is 0.777. The quantitative estimate of drug-likeness (QED) is 0.782. The Morgan fingerprint density at radius 2 is 2.20 bits per heavy atom. The van der Waals surface area contributed by atoms with Crippen molar-refractivity contribution in [3.63, 3.8) is 0 Å². The molecule has 0 aliphatic carbocycles. The van der Waals surface area contributed by atoms with Crippen LogP contribution in [0.25, 0.3) is 11.6 Å². The number of halogens is 1. The van der Waals surface area contributed by atoms with E-state index < -0.39 is 0 Å². The number of rotatable bonds is 2. The van der Waals surface area contributed by atoms with Crippen molar-refractivity contribution in [3.05, 3.63) is 29.8 Å². The van der Waals surface area contributed by atoms with E-state index in [0.717, 1.165) is 22.4 Å². The number of aryl methyl sites for hydroxylation is 2. The standard InChI is InChI=1S/C10H11BrN4/c1-7-8(5-11)6-13-9(14-7)10-12-3-4-15(10)2/h3-4,6H,5H2,1-2H3. The van der Waals surface area contributed by atoms with E-state index in [1.807, 2.05) is 30.9 Å². The molecule has 5 heteroatoms. The van der Waals surface area contributed by atoms with Gasteiger partial charge < -0.3 is 4.57 Å². The fraction of sp³-hybridized carbons (Fsp3) is 0.300. The normalized spacial score (nSPS) is 10.6. The topological polar surface area (TPSA) is 43.6 Å². The molecule has 0 unspecified atom stereocenters. The third-order valence-corrected chi connectivity index (χ3v) is 2.85. The zero-order valence-electron chi connectivity index (χ0n) is 8.61. The van der Waals surface area contributed by atoms with Crippen LogP contribution in [-0.2, 0) is 12.4 Å². The van der Waals surface area contributed by atoms with E-state index in [-0.39, 0.29) is 0 Å². The molecule has 0 aromatic carbocycles. The highest BCUT2D eigenvalue weighted by molar-refractivity contribution is 9.08. The number of alkyl halides is 1. The predicted octanol–water partition coefficient (Wildman–Crippen LogP) is 2.08. The summed E-state index contributed by atoms with van der Waals surface area (Å²) in [4.78, 5) is 12.9. The summed E-state index contributed by atoms with van der Waals surface area (Å²) < 4.78 is 1.91. The van der Waals surface area contributed by atoms with Crippen molar-refractivity contribution >= 4 is 15.9 Å². The maximum absolute atomic E-state index is 4.42. The lowest BCUT2D eigenvalue weighted by Gasteiger charge is -2.04. The van der Waals surface area contributed by atoms with Crippen LogP contribution in [0.4, 0.5) is 0 Å². The van der Waals surface area contributed by atoms with Crippen LogP contribution in [0.3, 0.4) is 0 Å². The van der Waals surface area contributed by atoms with Crippen LogP contribution in [0, 0.1) is 6.92 Å². The van der Waals surface area contributed by atoms with Gasteiger partial charge in [0.1, 0.15) is 0 Å². The first-order chi connectivity index (χ1) is 7.22. The van der Waals surface area contributed by atoms with Crippen LogP contribution in [0.2, 0.25) is 0 Å². The van der Waals surface area contributed by atoms with Crippen LogP contribution >= 0.6 is 15.9 Å². The molecule has 2 aromatic heterocycles. The highest BCUT2D eigenvalue weighted by Crippen LogP contribution is 2.14. The van der Waals surface area contributed by atoms with Crippen molar-refractivity contribution in [2.75, 3.05) is 0 Å². The summed E-state index contributed by atoms with van der Waals surface area (Å²) in [6, 6.07) is 0. The van der Waals surface area contributed by atoms with Gasteiger partial charge in [-0.3, -0.25) is 0 Å². The zero-order chi connectivity index (χ0) is 10.8. The summed E-state index contributed by atoms with van der Waals surface area (Å²) in [5.74, 6) is 1.46. The minimum atomic E-state index is 0.671. The van der Waals surface area contributed by atoms with Gasteiger partial charge in [-0.25, -0.2) is 15.0 Å². The average Bonchev–Trinajstić information content (AvgIpc) is 2.64. The monoisotopic (exact) mass is 266 g/mol. The summed E-state index contributed by atoms with van der Waals surface area (Å²) in [6.45, 7) is 1.98. The highest BCUT2D eigenvalue weighted by Gasteiger charge is 2.08. The third kappa shape index (κ3) is 1.92. The maximum atomic E-state index is 4.42. The second-order valence-electron chi connectivity index (χ2n) is 3.30. The van der Waals surface area contributed by atoms with Crippen LogP contribution in [0.1, 0.15) is 11.3 Å². The average molecular weight is 267 g/mol. The Balaban J connectivity index is 2.47. The molecule has 0 saturated carbocycles. The second-order valence-corrected chi connectivity index (χ2v) is 3.86. The van der Waals surface area contributed by atoms with Crippen molar-refractivity contribution in [1.29, 1.82) is 0 Å². The van der Waals surface area contributed by atoms with Crippen molar-refractivity contribution in [2.45, 2.75) is 12.3 Å². The Kier molecular flexibility index (Phi) is 2.81. The molecule has 0 aliphatic rings. The minimum absolute atomic E-state index is 0.671. The summed E-state index contributed by atoms with van der Waals surface area (Å²) in [6.07, 6.45) is 5.46. The number of imidazole rings is 1. The number of aromatic nitrogens is 4. The fourth-order valence-corrected chi connectivity index (χ4v) is 1.86. The molecule has 0 fully saturated rings. The molecule has 0 atom stereocenters. The molecule has 0 radical (unpaired) electrons. The Bertz CT molecular complexity index is 478. The summed E-state index contributed by atoms with van der Waals surface area (Å²) in [7, 11) is 1.93. The Morgan fingerprint density at radius 3 is 2.73 bits per heavy atom. The van der Waals surface area contributed by atoms with Gasteiger partial charge in [0.2, 0.25) is 0 Å². The molecule has 2 rings (SSSR count). The molecule has 0 saturated heterocycles. The van der Waals surface area contributed by atoms with Gasteiger partial charge in [-0.2, -0.15) is 0 Å². The molecule has 78 valence electrons. The van der Waals surface area contributed by atoms with E-state index in [4.69, 9.17) is 0 Å². The first-order valence-corrected chi connectivity index (χ1v) is 5.70. The molecule has 15 heavy (non-hydrogen) atoms. The van der Waals surface area contributed by atoms with Gasteiger partial charge >= 0.3 is 0 Å². The van der Waals surface area contributed by atoms with Crippen LogP contribution in [-0.4, -0.2) is 19.5 Å². The predicted molar refractivity (Wildman–Crippen MR) is 61.6 cm³/mol. The molecule has 0 aliphatic heterocycles. The fourth-order valence-electron chi connectivity index (χ4n) is 1.31. The SMILES string of the molecule is Cc1nc(-c2nccn2C)ncc1CBr. The van der Waals surface area contributed by atoms with E-state index in [1.54, 1.807) is 6.20 Å². The minimum Gasteiger partial charge on any atom is -0.331 e. The van der Waals surface area contributed by atoms with Crippen molar-refractivity contribution < 1.29 is 0 Å². The van der Waals surface area contributed by atoms with E-state index in [0.29, 0.717) is 5.82 Å². The van der Waals surface area contributed by atoms with Crippen LogP contribution in [0.5, 0.6) is 0 Å². The van der Waals surface area contributed by atoms with Crippen LogP contribution in [0.15, 0.2) is 18.6 Å². The van der Waals surface area contributed by atoms with Gasteiger partial charge in [0.15, 0.2) is 11.6 Å². The molecule has 2 heterocycles. The van der Waals surface area contributed by atoms with Crippen molar-refractivity contribution in [2.24, 2.45) is 7.05 Å². The molecule has 0 amide bonds. The molecular weight excluding hydrogens is 256 g/mol. The molecule has 0 N–H and O–H groups in total. The Morgan fingerprint density at radius 1 is 1.40 bits per heavy atom. The van der Waals surface area contributed by atoms with Crippen LogP contribution < -0.4 is 0 Å².